The molecule has 1 aliphatic rings. The van der Waals surface area contributed by atoms with Gasteiger partial charge in [-0.2, -0.15) is 0 Å². The average Bonchev–Trinajstić information content (AvgIpc) is 2.50. The first-order valence-electron chi connectivity index (χ1n) is 5.13. The number of hydrogen-bond acceptors (Lipinski definition) is 1. The molecule has 1 unspecified atom stereocenters. The van der Waals surface area contributed by atoms with Gasteiger partial charge in [-0.05, 0) is 37.5 Å². The van der Waals surface area contributed by atoms with E-state index in [-0.39, 0.29) is 11.4 Å². The molecule has 1 amide bonds. The number of hydrogen-bond donors (Lipinski definition) is 1. The highest BCUT2D eigenvalue weighted by Gasteiger charge is 2.32. The van der Waals surface area contributed by atoms with Gasteiger partial charge in [-0.25, -0.2) is 0 Å². The molecule has 80 valence electrons. The normalized spacial score (nSPS) is 25.3. The summed E-state index contributed by atoms with van der Waals surface area (Å²) in [6.45, 7) is 2.11. The van der Waals surface area contributed by atoms with Gasteiger partial charge in [-0.3, -0.25) is 4.79 Å². The van der Waals surface area contributed by atoms with Gasteiger partial charge in [-0.1, -0.05) is 28.1 Å². The van der Waals surface area contributed by atoms with Crippen LogP contribution in [0, 0.1) is 0 Å². The maximum atomic E-state index is 11.2. The van der Waals surface area contributed by atoms with Crippen LogP contribution in [-0.4, -0.2) is 11.4 Å². The van der Waals surface area contributed by atoms with E-state index in [0.717, 1.165) is 17.3 Å². The highest BCUT2D eigenvalue weighted by molar-refractivity contribution is 9.10. The van der Waals surface area contributed by atoms with E-state index < -0.39 is 0 Å². The van der Waals surface area contributed by atoms with Crippen LogP contribution in [0.25, 0.3) is 0 Å². The van der Waals surface area contributed by atoms with E-state index in [9.17, 15) is 4.79 Å². The summed E-state index contributed by atoms with van der Waals surface area (Å²) in [5.41, 5.74) is 1.22. The summed E-state index contributed by atoms with van der Waals surface area (Å²) < 4.78 is 1.09. The van der Waals surface area contributed by atoms with Crippen molar-refractivity contribution in [3.63, 3.8) is 0 Å². The summed E-state index contributed by atoms with van der Waals surface area (Å²) >= 11 is 3.41. The van der Waals surface area contributed by atoms with Crippen molar-refractivity contribution in [2.45, 2.75) is 31.7 Å². The van der Waals surface area contributed by atoms with Crippen molar-refractivity contribution in [3.8, 4) is 0 Å². The SMILES string of the molecule is CC1(Cc2ccc(Br)cc2)CCC(=O)N1. The molecule has 2 rings (SSSR count). The summed E-state index contributed by atoms with van der Waals surface area (Å²) in [5.74, 6) is 0.176. The number of amides is 1. The molecule has 1 N–H and O–H groups in total. The highest BCUT2D eigenvalue weighted by Crippen LogP contribution is 2.24. The minimum absolute atomic E-state index is 0.0507. The Morgan fingerprint density at radius 2 is 2.07 bits per heavy atom. The molecular weight excluding hydrogens is 254 g/mol. The van der Waals surface area contributed by atoms with E-state index in [0.29, 0.717) is 6.42 Å². The Morgan fingerprint density at radius 3 is 2.60 bits per heavy atom. The lowest BCUT2D eigenvalue weighted by Gasteiger charge is -2.23. The molecule has 1 heterocycles. The third-order valence-electron chi connectivity index (χ3n) is 2.85. The van der Waals surface area contributed by atoms with Crippen LogP contribution < -0.4 is 5.32 Å². The second-order valence-electron chi connectivity index (χ2n) is 4.41. The van der Waals surface area contributed by atoms with Crippen molar-refractivity contribution < 1.29 is 4.79 Å². The second kappa shape index (κ2) is 3.97. The minimum atomic E-state index is -0.0507. The fourth-order valence-corrected chi connectivity index (χ4v) is 2.30. The molecule has 1 fully saturated rings. The van der Waals surface area contributed by atoms with Crippen LogP contribution in [0.2, 0.25) is 0 Å². The molecule has 15 heavy (non-hydrogen) atoms. The molecule has 0 bridgehead atoms. The molecule has 1 aromatic rings. The van der Waals surface area contributed by atoms with E-state index in [1.165, 1.54) is 5.56 Å². The number of carbonyl (C=O) groups excluding carboxylic acids is 1. The third-order valence-corrected chi connectivity index (χ3v) is 3.38. The van der Waals surface area contributed by atoms with Gasteiger partial charge >= 0.3 is 0 Å². The summed E-state index contributed by atoms with van der Waals surface area (Å²) in [5, 5.41) is 3.04. The Kier molecular flexibility index (Phi) is 2.83. The van der Waals surface area contributed by atoms with Crippen LogP contribution in [0.1, 0.15) is 25.3 Å². The minimum Gasteiger partial charge on any atom is -0.351 e. The number of benzene rings is 1. The zero-order valence-electron chi connectivity index (χ0n) is 8.72. The maximum Gasteiger partial charge on any atom is 0.220 e. The topological polar surface area (TPSA) is 29.1 Å². The predicted octanol–water partition coefficient (Wildman–Crippen LogP) is 2.66. The summed E-state index contributed by atoms with van der Waals surface area (Å²) in [6.07, 6.45) is 2.50. The van der Waals surface area contributed by atoms with Crippen molar-refractivity contribution in [2.24, 2.45) is 0 Å². The molecule has 0 saturated carbocycles. The van der Waals surface area contributed by atoms with E-state index in [4.69, 9.17) is 0 Å². The van der Waals surface area contributed by atoms with Crippen LogP contribution in [0.4, 0.5) is 0 Å². The maximum absolute atomic E-state index is 11.2. The molecule has 0 aliphatic carbocycles. The Bertz CT molecular complexity index is 374. The van der Waals surface area contributed by atoms with Gasteiger partial charge in [0.15, 0.2) is 0 Å². The van der Waals surface area contributed by atoms with Crippen molar-refractivity contribution >= 4 is 21.8 Å². The number of carbonyl (C=O) groups is 1. The van der Waals surface area contributed by atoms with E-state index in [1.54, 1.807) is 0 Å². The molecule has 2 nitrogen and oxygen atoms in total. The summed E-state index contributed by atoms with van der Waals surface area (Å²) in [4.78, 5) is 11.2. The van der Waals surface area contributed by atoms with Gasteiger partial charge in [0.05, 0.1) is 0 Å². The smallest absolute Gasteiger partial charge is 0.220 e. The van der Waals surface area contributed by atoms with Crippen LogP contribution in [0.15, 0.2) is 28.7 Å². The van der Waals surface area contributed by atoms with Gasteiger partial charge in [0, 0.05) is 16.4 Å². The van der Waals surface area contributed by atoms with Crippen molar-refractivity contribution in [3.05, 3.63) is 34.3 Å². The zero-order chi connectivity index (χ0) is 10.9. The molecular formula is C12H14BrNO. The number of halogens is 1. The lowest BCUT2D eigenvalue weighted by Crippen LogP contribution is -2.40. The van der Waals surface area contributed by atoms with Gasteiger partial charge in [0.25, 0.3) is 0 Å². The molecule has 1 atom stereocenters. The van der Waals surface area contributed by atoms with Crippen LogP contribution >= 0.6 is 15.9 Å². The van der Waals surface area contributed by atoms with E-state index in [1.807, 2.05) is 12.1 Å². The van der Waals surface area contributed by atoms with Crippen molar-refractivity contribution in [1.82, 2.24) is 5.32 Å². The first-order chi connectivity index (χ1) is 7.07. The Hall–Kier alpha value is -0.830. The largest absolute Gasteiger partial charge is 0.351 e. The quantitative estimate of drug-likeness (QED) is 0.877. The van der Waals surface area contributed by atoms with Crippen LogP contribution in [-0.2, 0) is 11.2 Å². The fourth-order valence-electron chi connectivity index (χ4n) is 2.04. The van der Waals surface area contributed by atoms with Crippen LogP contribution in [0.5, 0.6) is 0 Å². The van der Waals surface area contributed by atoms with E-state index >= 15 is 0 Å². The van der Waals surface area contributed by atoms with Gasteiger partial charge in [0.1, 0.15) is 0 Å². The molecule has 1 saturated heterocycles. The monoisotopic (exact) mass is 267 g/mol. The van der Waals surface area contributed by atoms with E-state index in [2.05, 4.69) is 40.3 Å². The lowest BCUT2D eigenvalue weighted by molar-refractivity contribution is -0.119. The molecule has 0 radical (unpaired) electrons. The fraction of sp³-hybridized carbons (Fsp3) is 0.417. The second-order valence-corrected chi connectivity index (χ2v) is 5.33. The van der Waals surface area contributed by atoms with Gasteiger partial charge < -0.3 is 5.32 Å². The third kappa shape index (κ3) is 2.59. The van der Waals surface area contributed by atoms with Gasteiger partial charge in [0.2, 0.25) is 5.91 Å². The molecule has 1 aliphatic heterocycles. The molecule has 3 heteroatoms. The summed E-state index contributed by atoms with van der Waals surface area (Å²) in [7, 11) is 0. The number of nitrogens with one attached hydrogen (secondary N) is 1. The molecule has 1 aromatic carbocycles. The molecule has 0 spiro atoms. The Morgan fingerprint density at radius 1 is 1.40 bits per heavy atom. The predicted molar refractivity (Wildman–Crippen MR) is 63.6 cm³/mol. The Labute approximate surface area is 98.2 Å². The number of rotatable bonds is 2. The first kappa shape index (κ1) is 10.7. The van der Waals surface area contributed by atoms with Crippen molar-refractivity contribution in [2.75, 3.05) is 0 Å². The standard InChI is InChI=1S/C12H14BrNO/c1-12(7-6-11(15)14-12)8-9-2-4-10(13)5-3-9/h2-5H,6-8H2,1H3,(H,14,15). The average molecular weight is 268 g/mol. The van der Waals surface area contributed by atoms with Crippen LogP contribution in [0.3, 0.4) is 0 Å². The Balaban J connectivity index is 2.08. The first-order valence-corrected chi connectivity index (χ1v) is 5.92. The lowest BCUT2D eigenvalue weighted by atomic mass is 9.91. The zero-order valence-corrected chi connectivity index (χ0v) is 10.3. The van der Waals surface area contributed by atoms with Crippen molar-refractivity contribution in [1.29, 1.82) is 0 Å². The summed E-state index contributed by atoms with van der Waals surface area (Å²) in [6, 6.07) is 8.27. The molecule has 0 aromatic heterocycles. The van der Waals surface area contributed by atoms with Gasteiger partial charge in [-0.15, -0.1) is 0 Å². The highest BCUT2D eigenvalue weighted by atomic mass is 79.9.